The number of nitrogens with zero attached hydrogens (tertiary/aromatic N) is 1. The molecule has 1 aliphatic carbocycles. The van der Waals surface area contributed by atoms with Crippen LogP contribution in [0.1, 0.15) is 37.3 Å². The Morgan fingerprint density at radius 2 is 1.50 bits per heavy atom. The van der Waals surface area contributed by atoms with Gasteiger partial charge in [0.15, 0.2) is 0 Å². The molecule has 46 heavy (non-hydrogen) atoms. The number of hydrogen-bond donors (Lipinski definition) is 4. The van der Waals surface area contributed by atoms with Gasteiger partial charge in [0.1, 0.15) is 5.75 Å². The summed E-state index contributed by atoms with van der Waals surface area (Å²) >= 11 is 0. The number of para-hydroxylation sites is 1. The molecule has 2 aliphatic rings. The molecule has 234 valence electrons. The number of imide groups is 1. The number of fused-ring (bicyclic) bond motifs is 1. The molecule has 1 aliphatic heterocycles. The predicted octanol–water partition coefficient (Wildman–Crippen LogP) is 6.95. The fourth-order valence-corrected chi connectivity index (χ4v) is 6.93. The van der Waals surface area contributed by atoms with Crippen molar-refractivity contribution in [2.45, 2.75) is 32.3 Å². The Morgan fingerprint density at radius 3 is 2.15 bits per heavy atom. The summed E-state index contributed by atoms with van der Waals surface area (Å²) < 4.78 is 0. The number of benzene rings is 4. The first-order chi connectivity index (χ1) is 22.3. The minimum absolute atomic E-state index is 0.192. The lowest BCUT2D eigenvalue weighted by atomic mass is 9.68. The highest BCUT2D eigenvalue weighted by Gasteiger charge is 2.54. The minimum atomic E-state index is -0.898. The van der Waals surface area contributed by atoms with Crippen molar-refractivity contribution in [2.24, 2.45) is 17.8 Å². The summed E-state index contributed by atoms with van der Waals surface area (Å²) in [5, 5.41) is 35.2. The molecule has 0 aromatic heterocycles. The Balaban J connectivity index is 1.20. The molecule has 0 radical (unpaired) electrons. The lowest BCUT2D eigenvalue weighted by molar-refractivity contribution is -0.123. The molecule has 0 unspecified atom stereocenters. The van der Waals surface area contributed by atoms with Crippen molar-refractivity contribution in [1.29, 1.82) is 0 Å². The van der Waals surface area contributed by atoms with Crippen LogP contribution in [0.2, 0.25) is 0 Å². The first kappa shape index (κ1) is 31.0. The number of aromatic hydroxyl groups is 1. The van der Waals surface area contributed by atoms with Gasteiger partial charge < -0.3 is 20.6 Å². The van der Waals surface area contributed by atoms with E-state index in [1.807, 2.05) is 97.9 Å². The Morgan fingerprint density at radius 1 is 0.870 bits per heavy atom. The van der Waals surface area contributed by atoms with Gasteiger partial charge in [-0.05, 0) is 97.0 Å². The fraction of sp³-hybridized carbons (Fsp3) is 0.231. The smallest absolute Gasteiger partial charge is 0.238 e. The van der Waals surface area contributed by atoms with Gasteiger partial charge in [0.2, 0.25) is 11.8 Å². The van der Waals surface area contributed by atoms with Gasteiger partial charge in [-0.3, -0.25) is 14.5 Å². The highest BCUT2D eigenvalue weighted by atomic mass is 16.3. The number of aliphatic hydroxyl groups excluding tert-OH is 2. The Bertz CT molecular complexity index is 1750. The van der Waals surface area contributed by atoms with E-state index in [2.05, 4.69) is 5.32 Å². The highest BCUT2D eigenvalue weighted by molar-refractivity contribution is 6.22. The minimum Gasteiger partial charge on any atom is -0.508 e. The van der Waals surface area contributed by atoms with Crippen LogP contribution in [0.4, 0.5) is 17.1 Å². The summed E-state index contributed by atoms with van der Waals surface area (Å²) in [6, 6.07) is 33.8. The fourth-order valence-electron chi connectivity index (χ4n) is 6.93. The maximum atomic E-state index is 13.9. The molecule has 4 aromatic rings. The lowest BCUT2D eigenvalue weighted by Crippen LogP contribution is -2.38. The SMILES string of the molecule is CC1=C([C@H](O)CC/C(=C/c2ccc(O)cc2)c2ccccc2)[C@H](CO)[C@@H]2C(=O)N(c3ccc(Nc4ccccc4)cc3)C(=O)[C@@H]2C1. The molecule has 0 spiro atoms. The van der Waals surface area contributed by atoms with Crippen molar-refractivity contribution >= 4 is 40.5 Å². The molecule has 2 amide bonds. The monoisotopic (exact) mass is 614 g/mol. The quantitative estimate of drug-likeness (QED) is 0.0874. The van der Waals surface area contributed by atoms with Crippen LogP contribution in [0, 0.1) is 17.8 Å². The van der Waals surface area contributed by atoms with Crippen LogP contribution in [-0.4, -0.2) is 39.8 Å². The number of hydrogen-bond acceptors (Lipinski definition) is 6. The molecular formula is C39H38N2O5. The average Bonchev–Trinajstić information content (AvgIpc) is 3.32. The zero-order valence-corrected chi connectivity index (χ0v) is 25.7. The van der Waals surface area contributed by atoms with Gasteiger partial charge in [0.05, 0.1) is 30.2 Å². The largest absolute Gasteiger partial charge is 0.508 e. The lowest BCUT2D eigenvalue weighted by Gasteiger charge is -2.35. The molecule has 4 atom stereocenters. The standard InChI is InChI=1S/C39H38N2O5/c1-25-22-33-37(39(46)41(38(33)45)31-17-15-30(16-18-31)40-29-10-6-3-7-11-29)34(24-42)36(25)35(44)21-14-28(27-8-4-2-5-9-27)23-26-12-19-32(43)20-13-26/h2-13,15-20,23,33-35,37,40,42-44H,14,21-22,24H2,1H3/b28-23-/t33-,34+,35-,37-/m1/s1. The number of nitrogens with one attached hydrogen (secondary N) is 1. The highest BCUT2D eigenvalue weighted by Crippen LogP contribution is 2.47. The van der Waals surface area contributed by atoms with E-state index in [1.54, 1.807) is 24.3 Å². The third kappa shape index (κ3) is 6.38. The number of carbonyl (C=O) groups excluding carboxylic acids is 2. The molecule has 7 nitrogen and oxygen atoms in total. The third-order valence-corrected chi connectivity index (χ3v) is 9.14. The molecular weight excluding hydrogens is 576 g/mol. The number of carbonyl (C=O) groups is 2. The van der Waals surface area contributed by atoms with Gasteiger partial charge in [-0.25, -0.2) is 0 Å². The number of aliphatic hydroxyl groups is 2. The number of phenols is 1. The van der Waals surface area contributed by atoms with Crippen molar-refractivity contribution in [2.75, 3.05) is 16.8 Å². The third-order valence-electron chi connectivity index (χ3n) is 9.14. The molecule has 1 fully saturated rings. The van der Waals surface area contributed by atoms with E-state index in [4.69, 9.17) is 0 Å². The zero-order valence-electron chi connectivity index (χ0n) is 25.7. The summed E-state index contributed by atoms with van der Waals surface area (Å²) in [6.07, 6.45) is 2.42. The van der Waals surface area contributed by atoms with E-state index in [1.165, 1.54) is 4.90 Å². The summed E-state index contributed by atoms with van der Waals surface area (Å²) in [5.41, 5.74) is 6.72. The van der Waals surface area contributed by atoms with E-state index < -0.39 is 23.9 Å². The van der Waals surface area contributed by atoms with Crippen molar-refractivity contribution in [1.82, 2.24) is 0 Å². The first-order valence-electron chi connectivity index (χ1n) is 15.7. The first-order valence-corrected chi connectivity index (χ1v) is 15.7. The average molecular weight is 615 g/mol. The Kier molecular flexibility index (Phi) is 9.15. The number of allylic oxidation sites excluding steroid dienone is 2. The van der Waals surface area contributed by atoms with Crippen LogP contribution >= 0.6 is 0 Å². The topological polar surface area (TPSA) is 110 Å². The molecule has 6 rings (SSSR count). The number of anilines is 3. The molecule has 1 heterocycles. The van der Waals surface area contributed by atoms with Crippen molar-refractivity contribution in [3.05, 3.63) is 131 Å². The van der Waals surface area contributed by atoms with Crippen molar-refractivity contribution in [3.63, 3.8) is 0 Å². The second kappa shape index (κ2) is 13.6. The van der Waals surface area contributed by atoms with Gasteiger partial charge in [-0.15, -0.1) is 0 Å². The van der Waals surface area contributed by atoms with E-state index >= 15 is 0 Å². The van der Waals surface area contributed by atoms with Gasteiger partial charge in [-0.2, -0.15) is 0 Å². The molecule has 1 saturated heterocycles. The number of rotatable bonds is 10. The van der Waals surface area contributed by atoms with E-state index in [0.29, 0.717) is 30.5 Å². The Hall–Kier alpha value is -4.98. The van der Waals surface area contributed by atoms with Gasteiger partial charge >= 0.3 is 0 Å². The van der Waals surface area contributed by atoms with Gasteiger partial charge in [0.25, 0.3) is 0 Å². The molecule has 4 N–H and O–H groups in total. The summed E-state index contributed by atoms with van der Waals surface area (Å²) in [4.78, 5) is 28.8. The molecule has 0 saturated carbocycles. The Labute approximate surface area is 269 Å². The number of amides is 2. The van der Waals surface area contributed by atoms with Crippen molar-refractivity contribution in [3.8, 4) is 5.75 Å². The van der Waals surface area contributed by atoms with Crippen LogP contribution in [0.25, 0.3) is 11.6 Å². The summed E-state index contributed by atoms with van der Waals surface area (Å²) in [7, 11) is 0. The second-order valence-corrected chi connectivity index (χ2v) is 12.1. The molecule has 7 heteroatoms. The maximum absolute atomic E-state index is 13.9. The van der Waals surface area contributed by atoms with E-state index in [0.717, 1.165) is 33.6 Å². The van der Waals surface area contributed by atoms with Crippen LogP contribution < -0.4 is 10.2 Å². The summed E-state index contributed by atoms with van der Waals surface area (Å²) in [6.45, 7) is 1.55. The number of phenolic OH excluding ortho intramolecular Hbond substituents is 1. The van der Waals surface area contributed by atoms with Crippen LogP contribution in [0.3, 0.4) is 0 Å². The van der Waals surface area contributed by atoms with Gasteiger partial charge in [-0.1, -0.05) is 72.3 Å². The predicted molar refractivity (Wildman–Crippen MR) is 181 cm³/mol. The van der Waals surface area contributed by atoms with E-state index in [9.17, 15) is 24.9 Å². The molecule has 0 bridgehead atoms. The molecule has 4 aromatic carbocycles. The van der Waals surface area contributed by atoms with Crippen molar-refractivity contribution < 1.29 is 24.9 Å². The van der Waals surface area contributed by atoms with Gasteiger partial charge in [0, 0.05) is 17.3 Å². The second-order valence-electron chi connectivity index (χ2n) is 12.1. The summed E-state index contributed by atoms with van der Waals surface area (Å²) in [5.74, 6) is -2.40. The van der Waals surface area contributed by atoms with E-state index in [-0.39, 0.29) is 24.2 Å². The normalized spacial score (nSPS) is 20.5. The van der Waals surface area contributed by atoms with Crippen LogP contribution in [0.5, 0.6) is 5.75 Å². The van der Waals surface area contributed by atoms with Crippen LogP contribution in [0.15, 0.2) is 120 Å². The van der Waals surface area contributed by atoms with Crippen LogP contribution in [-0.2, 0) is 9.59 Å². The zero-order chi connectivity index (χ0) is 32.2. The maximum Gasteiger partial charge on any atom is 0.238 e.